The molecule has 0 saturated carbocycles. The van der Waals surface area contributed by atoms with Crippen LogP contribution in [0, 0.1) is 13.8 Å². The summed E-state index contributed by atoms with van der Waals surface area (Å²) in [5, 5.41) is 7.39. The average molecular weight is 333 g/mol. The predicted molar refractivity (Wildman–Crippen MR) is 89.9 cm³/mol. The second-order valence-corrected chi connectivity index (χ2v) is 5.74. The Morgan fingerprint density at radius 3 is 2.67 bits per heavy atom. The van der Waals surface area contributed by atoms with E-state index in [0.717, 1.165) is 23.5 Å². The van der Waals surface area contributed by atoms with E-state index in [1.54, 1.807) is 0 Å². The van der Waals surface area contributed by atoms with E-state index in [1.165, 1.54) is 16.8 Å². The van der Waals surface area contributed by atoms with Crippen LogP contribution in [0.2, 0.25) is 0 Å². The van der Waals surface area contributed by atoms with Crippen molar-refractivity contribution in [3.63, 3.8) is 0 Å². The molecule has 8 nitrogen and oxygen atoms in total. The normalized spacial score (nSPS) is 12.2. The van der Waals surface area contributed by atoms with Gasteiger partial charge in [0, 0.05) is 43.0 Å². The second kappa shape index (κ2) is 7.29. The molecule has 0 aliphatic rings. The van der Waals surface area contributed by atoms with Crippen molar-refractivity contribution in [1.29, 1.82) is 0 Å². The predicted octanol–water partition coefficient (Wildman–Crippen LogP) is 0.637. The minimum Gasteiger partial charge on any atom is -0.349 e. The fourth-order valence-electron chi connectivity index (χ4n) is 2.87. The molecule has 2 aromatic heterocycles. The van der Waals surface area contributed by atoms with Crippen LogP contribution in [0.15, 0.2) is 21.9 Å². The first-order chi connectivity index (χ1) is 11.3. The van der Waals surface area contributed by atoms with Crippen LogP contribution in [0.4, 0.5) is 0 Å². The summed E-state index contributed by atoms with van der Waals surface area (Å²) in [5.74, 6) is -0.163. The Balaban J connectivity index is 2.00. The minimum absolute atomic E-state index is 0.149. The third-order valence-corrected chi connectivity index (χ3v) is 4.02. The summed E-state index contributed by atoms with van der Waals surface area (Å²) < 4.78 is 3.21. The molecular weight excluding hydrogens is 310 g/mol. The molecule has 0 bridgehead atoms. The number of aromatic nitrogens is 4. The van der Waals surface area contributed by atoms with E-state index in [1.807, 2.05) is 32.4 Å². The first kappa shape index (κ1) is 17.7. The Morgan fingerprint density at radius 1 is 1.38 bits per heavy atom. The maximum Gasteiger partial charge on any atom is 0.328 e. The van der Waals surface area contributed by atoms with Crippen LogP contribution < -0.4 is 16.6 Å². The van der Waals surface area contributed by atoms with Crippen molar-refractivity contribution in [2.75, 3.05) is 0 Å². The van der Waals surface area contributed by atoms with Crippen molar-refractivity contribution >= 4 is 5.91 Å². The van der Waals surface area contributed by atoms with Gasteiger partial charge in [-0.05, 0) is 27.7 Å². The monoisotopic (exact) mass is 333 g/mol. The molecule has 2 rings (SSSR count). The summed E-state index contributed by atoms with van der Waals surface area (Å²) in [6.45, 7) is 8.84. The molecule has 0 fully saturated rings. The first-order valence-corrected chi connectivity index (χ1v) is 7.96. The van der Waals surface area contributed by atoms with Crippen LogP contribution in [0.5, 0.6) is 0 Å². The van der Waals surface area contributed by atoms with E-state index in [2.05, 4.69) is 15.4 Å². The Labute approximate surface area is 139 Å². The van der Waals surface area contributed by atoms with Gasteiger partial charge in [0.05, 0.1) is 11.7 Å². The topological polar surface area (TPSA) is 102 Å². The highest BCUT2D eigenvalue weighted by Crippen LogP contribution is 2.21. The first-order valence-electron chi connectivity index (χ1n) is 7.96. The van der Waals surface area contributed by atoms with Gasteiger partial charge >= 0.3 is 5.69 Å². The molecule has 130 valence electrons. The number of amides is 1. The zero-order chi connectivity index (χ0) is 17.9. The van der Waals surface area contributed by atoms with Crippen molar-refractivity contribution in [3.05, 3.63) is 50.1 Å². The number of H-pyrrole nitrogens is 1. The van der Waals surface area contributed by atoms with Crippen LogP contribution in [0.1, 0.15) is 43.3 Å². The average Bonchev–Trinajstić information content (AvgIpc) is 2.80. The minimum atomic E-state index is -0.515. The summed E-state index contributed by atoms with van der Waals surface area (Å²) in [6.07, 6.45) is 1.54. The van der Waals surface area contributed by atoms with Crippen molar-refractivity contribution in [2.45, 2.75) is 53.2 Å². The van der Waals surface area contributed by atoms with Crippen LogP contribution in [-0.4, -0.2) is 25.2 Å². The fraction of sp³-hybridized carbons (Fsp3) is 0.500. The number of carbonyl (C=O) groups is 1. The van der Waals surface area contributed by atoms with Gasteiger partial charge in [0.2, 0.25) is 5.91 Å². The third kappa shape index (κ3) is 3.81. The standard InChI is InChI=1S/C16H23N5O3/c1-5-21-12(4)15(11(3)19-21)10(2)17-13(22)6-8-20-9-7-14(23)18-16(20)24/h7,9-10H,5-6,8H2,1-4H3,(H,17,22)(H,18,23,24). The molecule has 2 N–H and O–H groups in total. The summed E-state index contributed by atoms with van der Waals surface area (Å²) in [7, 11) is 0. The number of carbonyl (C=O) groups excluding carboxylic acids is 1. The molecular formula is C16H23N5O3. The maximum absolute atomic E-state index is 12.2. The van der Waals surface area contributed by atoms with Gasteiger partial charge in [-0.1, -0.05) is 0 Å². The highest BCUT2D eigenvalue weighted by atomic mass is 16.2. The van der Waals surface area contributed by atoms with Gasteiger partial charge in [-0.3, -0.25) is 19.3 Å². The number of aromatic amines is 1. The Morgan fingerprint density at radius 2 is 2.08 bits per heavy atom. The van der Waals surface area contributed by atoms with E-state index in [0.29, 0.717) is 0 Å². The van der Waals surface area contributed by atoms with Gasteiger partial charge in [-0.2, -0.15) is 5.10 Å². The smallest absolute Gasteiger partial charge is 0.328 e. The quantitative estimate of drug-likeness (QED) is 0.810. The molecule has 0 spiro atoms. The summed E-state index contributed by atoms with van der Waals surface area (Å²) >= 11 is 0. The highest BCUT2D eigenvalue weighted by Gasteiger charge is 2.18. The summed E-state index contributed by atoms with van der Waals surface area (Å²) in [5.41, 5.74) is 2.00. The van der Waals surface area contributed by atoms with Gasteiger partial charge in [0.25, 0.3) is 5.56 Å². The maximum atomic E-state index is 12.2. The molecule has 0 saturated heterocycles. The molecule has 24 heavy (non-hydrogen) atoms. The van der Waals surface area contributed by atoms with Crippen molar-refractivity contribution in [2.24, 2.45) is 0 Å². The molecule has 0 aromatic carbocycles. The molecule has 1 amide bonds. The lowest BCUT2D eigenvalue weighted by molar-refractivity contribution is -0.121. The summed E-state index contributed by atoms with van der Waals surface area (Å²) in [4.78, 5) is 36.9. The van der Waals surface area contributed by atoms with Crippen molar-refractivity contribution in [1.82, 2.24) is 24.6 Å². The van der Waals surface area contributed by atoms with Gasteiger partial charge in [0.1, 0.15) is 0 Å². The molecule has 0 aliphatic heterocycles. The zero-order valence-electron chi connectivity index (χ0n) is 14.4. The van der Waals surface area contributed by atoms with E-state index in [4.69, 9.17) is 0 Å². The molecule has 0 aliphatic carbocycles. The summed E-state index contributed by atoms with van der Waals surface area (Å²) in [6, 6.07) is 1.10. The van der Waals surface area contributed by atoms with Gasteiger partial charge in [-0.15, -0.1) is 0 Å². The van der Waals surface area contributed by atoms with Crippen molar-refractivity contribution in [3.8, 4) is 0 Å². The van der Waals surface area contributed by atoms with Gasteiger partial charge < -0.3 is 9.88 Å². The third-order valence-electron chi connectivity index (χ3n) is 4.02. The Kier molecular flexibility index (Phi) is 5.38. The van der Waals surface area contributed by atoms with E-state index in [9.17, 15) is 14.4 Å². The highest BCUT2D eigenvalue weighted by molar-refractivity contribution is 5.76. The van der Waals surface area contributed by atoms with Crippen molar-refractivity contribution < 1.29 is 4.79 Å². The zero-order valence-corrected chi connectivity index (χ0v) is 14.4. The fourth-order valence-corrected chi connectivity index (χ4v) is 2.87. The van der Waals surface area contributed by atoms with E-state index >= 15 is 0 Å². The lowest BCUT2D eigenvalue weighted by atomic mass is 10.1. The van der Waals surface area contributed by atoms with Crippen LogP contribution in [0.3, 0.4) is 0 Å². The number of nitrogens with one attached hydrogen (secondary N) is 2. The number of hydrogen-bond donors (Lipinski definition) is 2. The number of hydrogen-bond acceptors (Lipinski definition) is 4. The van der Waals surface area contributed by atoms with Crippen LogP contribution in [-0.2, 0) is 17.9 Å². The lowest BCUT2D eigenvalue weighted by Crippen LogP contribution is -2.32. The van der Waals surface area contributed by atoms with E-state index in [-0.39, 0.29) is 24.9 Å². The SMILES string of the molecule is CCn1nc(C)c(C(C)NC(=O)CCn2ccc(=O)[nH]c2=O)c1C. The van der Waals surface area contributed by atoms with Gasteiger partial charge in [-0.25, -0.2) is 4.79 Å². The largest absolute Gasteiger partial charge is 0.349 e. The van der Waals surface area contributed by atoms with Gasteiger partial charge in [0.15, 0.2) is 0 Å². The number of aryl methyl sites for hydroxylation is 3. The lowest BCUT2D eigenvalue weighted by Gasteiger charge is -2.15. The molecule has 2 aromatic rings. The molecule has 8 heteroatoms. The second-order valence-electron chi connectivity index (χ2n) is 5.74. The molecule has 2 heterocycles. The number of rotatable bonds is 6. The number of nitrogens with zero attached hydrogens (tertiary/aromatic N) is 3. The van der Waals surface area contributed by atoms with E-state index < -0.39 is 11.2 Å². The Hall–Kier alpha value is -2.64. The van der Waals surface area contributed by atoms with Crippen LogP contribution >= 0.6 is 0 Å². The molecule has 1 atom stereocenters. The Bertz CT molecular complexity index is 846. The molecule has 0 radical (unpaired) electrons. The van der Waals surface area contributed by atoms with Crippen LogP contribution in [0.25, 0.3) is 0 Å². The molecule has 1 unspecified atom stereocenters.